The van der Waals surface area contributed by atoms with Gasteiger partial charge in [-0.3, -0.25) is 0 Å². The van der Waals surface area contributed by atoms with Crippen molar-refractivity contribution in [3.8, 4) is 23.3 Å². The lowest BCUT2D eigenvalue weighted by atomic mass is 10.2. The third kappa shape index (κ3) is 3.48. The summed E-state index contributed by atoms with van der Waals surface area (Å²) in [6.07, 6.45) is 0.684. The SMILES string of the molecule is CC#CCCOc1cc(CO)ccc1OC. The third-order valence-corrected chi connectivity index (χ3v) is 2.07. The largest absolute Gasteiger partial charge is 0.493 e. The van der Waals surface area contributed by atoms with Crippen molar-refractivity contribution in [1.29, 1.82) is 0 Å². The molecule has 16 heavy (non-hydrogen) atoms. The predicted molar refractivity (Wildman–Crippen MR) is 62.5 cm³/mol. The lowest BCUT2D eigenvalue weighted by molar-refractivity contribution is 0.276. The zero-order valence-corrected chi connectivity index (χ0v) is 9.62. The molecule has 0 unspecified atom stereocenters. The monoisotopic (exact) mass is 220 g/mol. The Balaban J connectivity index is 2.69. The molecular weight excluding hydrogens is 204 g/mol. The van der Waals surface area contributed by atoms with E-state index in [4.69, 9.17) is 14.6 Å². The maximum absolute atomic E-state index is 9.02. The van der Waals surface area contributed by atoms with Crippen molar-refractivity contribution in [3.05, 3.63) is 23.8 Å². The van der Waals surface area contributed by atoms with Crippen molar-refractivity contribution < 1.29 is 14.6 Å². The molecule has 1 rings (SSSR count). The van der Waals surface area contributed by atoms with Crippen molar-refractivity contribution in [2.45, 2.75) is 20.0 Å². The van der Waals surface area contributed by atoms with Gasteiger partial charge in [-0.25, -0.2) is 0 Å². The Morgan fingerprint density at radius 3 is 2.75 bits per heavy atom. The molecule has 0 saturated carbocycles. The normalized spacial score (nSPS) is 9.19. The number of aliphatic hydroxyl groups is 1. The molecule has 1 aromatic carbocycles. The molecule has 86 valence electrons. The van der Waals surface area contributed by atoms with E-state index >= 15 is 0 Å². The molecule has 0 aliphatic rings. The maximum atomic E-state index is 9.02. The minimum atomic E-state index is -0.00484. The molecule has 3 heteroatoms. The number of aliphatic hydroxyl groups excluding tert-OH is 1. The van der Waals surface area contributed by atoms with Crippen LogP contribution >= 0.6 is 0 Å². The summed E-state index contributed by atoms with van der Waals surface area (Å²) in [6, 6.07) is 5.36. The molecular formula is C13H16O3. The smallest absolute Gasteiger partial charge is 0.161 e. The van der Waals surface area contributed by atoms with Crippen molar-refractivity contribution in [2.24, 2.45) is 0 Å². The van der Waals surface area contributed by atoms with Crippen molar-refractivity contribution in [3.63, 3.8) is 0 Å². The lowest BCUT2D eigenvalue weighted by Crippen LogP contribution is -1.99. The first kappa shape index (κ1) is 12.4. The van der Waals surface area contributed by atoms with Crippen LogP contribution in [0.5, 0.6) is 11.5 Å². The first-order valence-electron chi connectivity index (χ1n) is 5.12. The van der Waals surface area contributed by atoms with Crippen LogP contribution in [-0.2, 0) is 6.61 Å². The average molecular weight is 220 g/mol. The standard InChI is InChI=1S/C13H16O3/c1-3-4-5-8-16-13-9-11(10-14)6-7-12(13)15-2/h6-7,9,14H,5,8,10H2,1-2H3. The molecule has 0 fully saturated rings. The van der Waals surface area contributed by atoms with Crippen LogP contribution in [0.3, 0.4) is 0 Å². The van der Waals surface area contributed by atoms with Crippen molar-refractivity contribution >= 4 is 0 Å². The Bertz CT molecular complexity index is 388. The van der Waals surface area contributed by atoms with Gasteiger partial charge in [-0.05, 0) is 24.6 Å². The summed E-state index contributed by atoms with van der Waals surface area (Å²) < 4.78 is 10.7. The molecule has 0 saturated heterocycles. The van der Waals surface area contributed by atoms with Gasteiger partial charge in [0.05, 0.1) is 20.3 Å². The molecule has 0 aliphatic heterocycles. The third-order valence-electron chi connectivity index (χ3n) is 2.07. The van der Waals surface area contributed by atoms with Crippen LogP contribution in [0.1, 0.15) is 18.9 Å². The molecule has 1 N–H and O–H groups in total. The van der Waals surface area contributed by atoms with E-state index in [1.807, 2.05) is 0 Å². The summed E-state index contributed by atoms with van der Waals surface area (Å²) in [6.45, 7) is 2.31. The fraction of sp³-hybridized carbons (Fsp3) is 0.385. The molecule has 0 amide bonds. The number of hydrogen-bond donors (Lipinski definition) is 1. The quantitative estimate of drug-likeness (QED) is 0.609. The molecule has 0 aromatic heterocycles. The molecule has 0 heterocycles. The number of rotatable bonds is 5. The van der Waals surface area contributed by atoms with Crippen LogP contribution in [0.4, 0.5) is 0 Å². The highest BCUT2D eigenvalue weighted by molar-refractivity contribution is 5.42. The molecule has 3 nitrogen and oxygen atoms in total. The van der Waals surface area contributed by atoms with Gasteiger partial charge in [0.1, 0.15) is 0 Å². The fourth-order valence-electron chi connectivity index (χ4n) is 1.27. The van der Waals surface area contributed by atoms with Crippen LogP contribution in [0, 0.1) is 11.8 Å². The van der Waals surface area contributed by atoms with Crippen LogP contribution in [0.15, 0.2) is 18.2 Å². The predicted octanol–water partition coefficient (Wildman–Crippen LogP) is 1.98. The van der Waals surface area contributed by atoms with Crippen LogP contribution in [-0.4, -0.2) is 18.8 Å². The van der Waals surface area contributed by atoms with Gasteiger partial charge in [0, 0.05) is 6.42 Å². The van der Waals surface area contributed by atoms with Crippen LogP contribution < -0.4 is 9.47 Å². The number of benzene rings is 1. The van der Waals surface area contributed by atoms with Gasteiger partial charge in [-0.15, -0.1) is 11.8 Å². The molecule has 0 atom stereocenters. The highest BCUT2D eigenvalue weighted by Gasteiger charge is 2.04. The van der Waals surface area contributed by atoms with Crippen molar-refractivity contribution in [2.75, 3.05) is 13.7 Å². The minimum absolute atomic E-state index is 0.00484. The number of methoxy groups -OCH3 is 1. The lowest BCUT2D eigenvalue weighted by Gasteiger charge is -2.10. The number of ether oxygens (including phenoxy) is 2. The number of hydrogen-bond acceptors (Lipinski definition) is 3. The Morgan fingerprint density at radius 2 is 2.12 bits per heavy atom. The zero-order valence-electron chi connectivity index (χ0n) is 9.62. The molecule has 1 aromatic rings. The second-order valence-electron chi connectivity index (χ2n) is 3.17. The molecule has 0 spiro atoms. The molecule has 0 aliphatic carbocycles. The van der Waals surface area contributed by atoms with Gasteiger partial charge in [-0.2, -0.15) is 0 Å². The highest BCUT2D eigenvalue weighted by Crippen LogP contribution is 2.28. The Kier molecular flexibility index (Phi) is 5.24. The van der Waals surface area contributed by atoms with Crippen molar-refractivity contribution in [1.82, 2.24) is 0 Å². The van der Waals surface area contributed by atoms with E-state index in [9.17, 15) is 0 Å². The zero-order chi connectivity index (χ0) is 11.8. The second-order valence-corrected chi connectivity index (χ2v) is 3.17. The summed E-state index contributed by atoms with van der Waals surface area (Å²) in [7, 11) is 1.59. The topological polar surface area (TPSA) is 38.7 Å². The second kappa shape index (κ2) is 6.76. The van der Waals surface area contributed by atoms with Crippen LogP contribution in [0.2, 0.25) is 0 Å². The van der Waals surface area contributed by atoms with E-state index in [0.717, 1.165) is 5.56 Å². The van der Waals surface area contributed by atoms with E-state index in [1.165, 1.54) is 0 Å². The van der Waals surface area contributed by atoms with Gasteiger partial charge in [0.25, 0.3) is 0 Å². The molecule has 0 radical (unpaired) electrons. The van der Waals surface area contributed by atoms with E-state index in [-0.39, 0.29) is 6.61 Å². The minimum Gasteiger partial charge on any atom is -0.493 e. The van der Waals surface area contributed by atoms with Gasteiger partial charge < -0.3 is 14.6 Å². The molecule has 0 bridgehead atoms. The van der Waals surface area contributed by atoms with Gasteiger partial charge >= 0.3 is 0 Å². The van der Waals surface area contributed by atoms with Gasteiger partial charge in [-0.1, -0.05) is 6.07 Å². The van der Waals surface area contributed by atoms with Gasteiger partial charge in [0.15, 0.2) is 11.5 Å². The highest BCUT2D eigenvalue weighted by atomic mass is 16.5. The van der Waals surface area contributed by atoms with Crippen LogP contribution in [0.25, 0.3) is 0 Å². The van der Waals surface area contributed by atoms with E-state index < -0.39 is 0 Å². The summed E-state index contributed by atoms with van der Waals surface area (Å²) in [4.78, 5) is 0. The van der Waals surface area contributed by atoms with E-state index in [1.54, 1.807) is 32.2 Å². The van der Waals surface area contributed by atoms with E-state index in [0.29, 0.717) is 24.5 Å². The summed E-state index contributed by atoms with van der Waals surface area (Å²) >= 11 is 0. The van der Waals surface area contributed by atoms with Gasteiger partial charge in [0.2, 0.25) is 0 Å². The first-order valence-corrected chi connectivity index (χ1v) is 5.12. The Morgan fingerprint density at radius 1 is 1.31 bits per heavy atom. The average Bonchev–Trinajstić information content (AvgIpc) is 2.34. The van der Waals surface area contributed by atoms with E-state index in [2.05, 4.69) is 11.8 Å². The summed E-state index contributed by atoms with van der Waals surface area (Å²) in [5.41, 5.74) is 0.803. The Labute approximate surface area is 96.0 Å². The first-order chi connectivity index (χ1) is 7.81. The Hall–Kier alpha value is -1.66. The summed E-state index contributed by atoms with van der Waals surface area (Å²) in [5.74, 6) is 7.04. The fourth-order valence-corrected chi connectivity index (χ4v) is 1.27. The maximum Gasteiger partial charge on any atom is 0.161 e. The summed E-state index contributed by atoms with van der Waals surface area (Å²) in [5, 5.41) is 9.02.